The maximum Gasteiger partial charge on any atom is 0.173 e. The van der Waals surface area contributed by atoms with Gasteiger partial charge in [0.1, 0.15) is 5.82 Å². The van der Waals surface area contributed by atoms with Crippen molar-refractivity contribution < 1.29 is 9.13 Å². The Labute approximate surface area is 176 Å². The van der Waals surface area contributed by atoms with Gasteiger partial charge in [0.25, 0.3) is 0 Å². The van der Waals surface area contributed by atoms with Gasteiger partial charge >= 0.3 is 0 Å². The normalized spacial score (nSPS) is 14.7. The molecule has 0 spiro atoms. The van der Waals surface area contributed by atoms with Crippen molar-refractivity contribution in [2.45, 2.75) is 13.5 Å². The molecule has 0 saturated carbocycles. The lowest BCUT2D eigenvalue weighted by molar-refractivity contribution is 0.0358. The summed E-state index contributed by atoms with van der Waals surface area (Å²) in [6, 6.07) is 12.3. The summed E-state index contributed by atoms with van der Waals surface area (Å²) in [7, 11) is 0. The minimum absolute atomic E-state index is 0.235. The zero-order valence-electron chi connectivity index (χ0n) is 16.0. The average Bonchev–Trinajstić information content (AvgIpc) is 2.70. The van der Waals surface area contributed by atoms with Crippen LogP contribution in [0.4, 0.5) is 10.1 Å². The van der Waals surface area contributed by atoms with Crippen molar-refractivity contribution in [1.82, 2.24) is 9.80 Å². The molecule has 4 nitrogen and oxygen atoms in total. The van der Waals surface area contributed by atoms with Gasteiger partial charge < -0.3 is 15.0 Å². The van der Waals surface area contributed by atoms with Gasteiger partial charge in [-0.3, -0.25) is 4.90 Å². The molecule has 0 bridgehead atoms. The number of anilines is 1. The Morgan fingerprint density at radius 3 is 2.61 bits per heavy atom. The predicted octanol–water partition coefficient (Wildman–Crippen LogP) is 4.32. The topological polar surface area (TPSA) is 27.7 Å². The third kappa shape index (κ3) is 6.14. The Kier molecular flexibility index (Phi) is 7.62. The van der Waals surface area contributed by atoms with Crippen molar-refractivity contribution >= 4 is 34.6 Å². The summed E-state index contributed by atoms with van der Waals surface area (Å²) >= 11 is 11.8. The molecule has 1 N–H and O–H groups in total. The van der Waals surface area contributed by atoms with Gasteiger partial charge in [-0.15, -0.1) is 0 Å². The van der Waals surface area contributed by atoms with Crippen LogP contribution in [0.2, 0.25) is 5.02 Å². The summed E-state index contributed by atoms with van der Waals surface area (Å²) in [5.41, 5.74) is 2.91. The Balaban J connectivity index is 1.68. The molecule has 1 aliphatic rings. The molecule has 0 radical (unpaired) electrons. The smallest absolute Gasteiger partial charge is 0.173 e. The summed E-state index contributed by atoms with van der Waals surface area (Å²) in [5, 5.41) is 4.68. The lowest BCUT2D eigenvalue weighted by Crippen LogP contribution is -2.43. The number of nitrogens with one attached hydrogen (secondary N) is 1. The van der Waals surface area contributed by atoms with E-state index in [1.54, 1.807) is 12.1 Å². The molecule has 0 aliphatic carbocycles. The van der Waals surface area contributed by atoms with E-state index in [2.05, 4.69) is 15.1 Å². The van der Waals surface area contributed by atoms with Gasteiger partial charge in [0.2, 0.25) is 0 Å². The van der Waals surface area contributed by atoms with Crippen LogP contribution in [0.25, 0.3) is 0 Å². The monoisotopic (exact) mass is 421 g/mol. The van der Waals surface area contributed by atoms with Crippen LogP contribution in [0.3, 0.4) is 0 Å². The van der Waals surface area contributed by atoms with Gasteiger partial charge in [0, 0.05) is 43.4 Å². The highest BCUT2D eigenvalue weighted by molar-refractivity contribution is 7.80. The first-order chi connectivity index (χ1) is 13.5. The molecular formula is C21H25ClFN3OS. The largest absolute Gasteiger partial charge is 0.379 e. The molecule has 1 aliphatic heterocycles. The second kappa shape index (κ2) is 10.2. The summed E-state index contributed by atoms with van der Waals surface area (Å²) < 4.78 is 18.7. The van der Waals surface area contributed by atoms with Gasteiger partial charge in [-0.25, -0.2) is 4.39 Å². The molecule has 1 fully saturated rings. The number of aryl methyl sites for hydroxylation is 1. The van der Waals surface area contributed by atoms with E-state index in [4.69, 9.17) is 28.6 Å². The molecule has 0 atom stereocenters. The Hall–Kier alpha value is -1.73. The second-order valence-electron chi connectivity index (χ2n) is 6.90. The number of hydrogen-bond donors (Lipinski definition) is 1. The molecule has 2 aromatic rings. The highest BCUT2D eigenvalue weighted by Gasteiger charge is 2.15. The average molecular weight is 422 g/mol. The zero-order chi connectivity index (χ0) is 19.9. The number of rotatable bonds is 6. The molecular weight excluding hydrogens is 397 g/mol. The maximum absolute atomic E-state index is 13.3. The fourth-order valence-electron chi connectivity index (χ4n) is 3.07. The first-order valence-corrected chi connectivity index (χ1v) is 10.2. The van der Waals surface area contributed by atoms with E-state index in [-0.39, 0.29) is 5.82 Å². The van der Waals surface area contributed by atoms with Crippen LogP contribution < -0.4 is 5.32 Å². The molecule has 0 unspecified atom stereocenters. The van der Waals surface area contributed by atoms with Gasteiger partial charge in [0.05, 0.1) is 13.2 Å². The van der Waals surface area contributed by atoms with E-state index in [1.807, 2.05) is 25.1 Å². The van der Waals surface area contributed by atoms with Crippen LogP contribution in [0.5, 0.6) is 0 Å². The summed E-state index contributed by atoms with van der Waals surface area (Å²) in [4.78, 5) is 4.48. The highest BCUT2D eigenvalue weighted by atomic mass is 35.5. The van der Waals surface area contributed by atoms with Crippen molar-refractivity contribution in [3.8, 4) is 0 Å². The van der Waals surface area contributed by atoms with E-state index in [9.17, 15) is 4.39 Å². The van der Waals surface area contributed by atoms with Crippen molar-refractivity contribution in [1.29, 1.82) is 0 Å². The Bertz CT molecular complexity index is 797. The summed E-state index contributed by atoms with van der Waals surface area (Å²) in [6.07, 6.45) is 0. The van der Waals surface area contributed by atoms with Crippen LogP contribution in [-0.4, -0.2) is 54.3 Å². The SMILES string of the molecule is Cc1cc(NC(=S)N(CCN2CCOCC2)Cc2ccc(F)cc2)ccc1Cl. The van der Waals surface area contributed by atoms with Gasteiger partial charge in [0.15, 0.2) is 5.11 Å². The number of halogens is 2. The highest BCUT2D eigenvalue weighted by Crippen LogP contribution is 2.20. The van der Waals surface area contributed by atoms with E-state index in [1.165, 1.54) is 12.1 Å². The molecule has 3 rings (SSSR count). The number of nitrogens with zero attached hydrogens (tertiary/aromatic N) is 2. The fourth-order valence-corrected chi connectivity index (χ4v) is 3.47. The third-order valence-corrected chi connectivity index (χ3v) is 5.56. The van der Waals surface area contributed by atoms with E-state index in [0.717, 1.165) is 61.2 Å². The van der Waals surface area contributed by atoms with Gasteiger partial charge in [-0.05, 0) is 60.6 Å². The molecule has 28 heavy (non-hydrogen) atoms. The number of hydrogen-bond acceptors (Lipinski definition) is 3. The maximum atomic E-state index is 13.3. The molecule has 0 amide bonds. The predicted molar refractivity (Wildman–Crippen MR) is 116 cm³/mol. The number of benzene rings is 2. The van der Waals surface area contributed by atoms with Crippen molar-refractivity contribution in [3.63, 3.8) is 0 Å². The number of ether oxygens (including phenoxy) is 1. The molecule has 150 valence electrons. The van der Waals surface area contributed by atoms with Crippen molar-refractivity contribution in [2.24, 2.45) is 0 Å². The van der Waals surface area contributed by atoms with Crippen molar-refractivity contribution in [2.75, 3.05) is 44.7 Å². The van der Waals surface area contributed by atoms with Gasteiger partial charge in [-0.2, -0.15) is 0 Å². The van der Waals surface area contributed by atoms with Crippen LogP contribution >= 0.6 is 23.8 Å². The Morgan fingerprint density at radius 1 is 1.21 bits per heavy atom. The molecule has 7 heteroatoms. The molecule has 0 aromatic heterocycles. The Morgan fingerprint density at radius 2 is 1.93 bits per heavy atom. The first-order valence-electron chi connectivity index (χ1n) is 9.38. The second-order valence-corrected chi connectivity index (χ2v) is 7.69. The van der Waals surface area contributed by atoms with Crippen LogP contribution in [0.15, 0.2) is 42.5 Å². The third-order valence-electron chi connectivity index (χ3n) is 4.77. The lowest BCUT2D eigenvalue weighted by atomic mass is 10.2. The van der Waals surface area contributed by atoms with Gasteiger partial charge in [-0.1, -0.05) is 23.7 Å². The van der Waals surface area contributed by atoms with E-state index in [0.29, 0.717) is 11.7 Å². The summed E-state index contributed by atoms with van der Waals surface area (Å²) in [5.74, 6) is -0.235. The minimum Gasteiger partial charge on any atom is -0.379 e. The summed E-state index contributed by atoms with van der Waals surface area (Å²) in [6.45, 7) is 7.65. The van der Waals surface area contributed by atoms with E-state index >= 15 is 0 Å². The minimum atomic E-state index is -0.235. The molecule has 1 saturated heterocycles. The first kappa shape index (κ1) is 21.0. The van der Waals surface area contributed by atoms with Crippen LogP contribution in [0, 0.1) is 12.7 Å². The van der Waals surface area contributed by atoms with Crippen molar-refractivity contribution in [3.05, 3.63) is 64.4 Å². The number of thiocarbonyl (C=S) groups is 1. The lowest BCUT2D eigenvalue weighted by Gasteiger charge is -2.31. The van der Waals surface area contributed by atoms with E-state index < -0.39 is 0 Å². The molecule has 2 aromatic carbocycles. The number of morpholine rings is 1. The van der Waals surface area contributed by atoms with Crippen LogP contribution in [-0.2, 0) is 11.3 Å². The molecule has 1 heterocycles. The fraction of sp³-hybridized carbons (Fsp3) is 0.381. The zero-order valence-corrected chi connectivity index (χ0v) is 17.5. The van der Waals surface area contributed by atoms with Crippen LogP contribution in [0.1, 0.15) is 11.1 Å². The standard InChI is InChI=1S/C21H25ClFN3OS/c1-16-14-19(6-7-20(16)22)24-21(28)26(9-8-25-10-12-27-13-11-25)15-17-2-4-18(23)5-3-17/h2-7,14H,8-13,15H2,1H3,(H,24,28). The quantitative estimate of drug-likeness (QED) is 0.701.